The molecule has 0 bridgehead atoms. The number of carbonyl (C=O) groups excluding carboxylic acids is 1. The Morgan fingerprint density at radius 2 is 1.81 bits per heavy atom. The van der Waals surface area contributed by atoms with Gasteiger partial charge in [0.1, 0.15) is 5.82 Å². The van der Waals surface area contributed by atoms with E-state index in [1.807, 2.05) is 54.0 Å². The van der Waals surface area contributed by atoms with Crippen molar-refractivity contribution in [1.29, 1.82) is 0 Å². The highest BCUT2D eigenvalue weighted by Crippen LogP contribution is 2.28. The lowest BCUT2D eigenvalue weighted by Crippen LogP contribution is -2.04. The highest BCUT2D eigenvalue weighted by Gasteiger charge is 2.14. The second-order valence-corrected chi connectivity index (χ2v) is 7.50. The van der Waals surface area contributed by atoms with Gasteiger partial charge in [-0.15, -0.1) is 0 Å². The number of halogens is 1. The first kappa shape index (κ1) is 21.2. The lowest BCUT2D eigenvalue weighted by atomic mass is 9.95. The SMILES string of the molecule is COC(=O)c1ccc(/C=C(\Cn2cncc2C)c2ccc(F)cc2)cc1-c1ccccc1. The van der Waals surface area contributed by atoms with Crippen molar-refractivity contribution in [3.63, 3.8) is 0 Å². The van der Waals surface area contributed by atoms with Gasteiger partial charge in [0.05, 0.1) is 19.0 Å². The van der Waals surface area contributed by atoms with E-state index < -0.39 is 0 Å². The first-order valence-electron chi connectivity index (χ1n) is 10.3. The molecular weight excluding hydrogens is 403 g/mol. The van der Waals surface area contributed by atoms with Gasteiger partial charge in [0.25, 0.3) is 0 Å². The molecular formula is C27H23FN2O2. The van der Waals surface area contributed by atoms with Gasteiger partial charge in [-0.1, -0.05) is 48.5 Å². The van der Waals surface area contributed by atoms with Crippen LogP contribution in [0.2, 0.25) is 0 Å². The number of esters is 1. The Morgan fingerprint density at radius 3 is 2.47 bits per heavy atom. The zero-order valence-corrected chi connectivity index (χ0v) is 18.0. The number of hydrogen-bond acceptors (Lipinski definition) is 3. The quantitative estimate of drug-likeness (QED) is 0.279. The van der Waals surface area contributed by atoms with Gasteiger partial charge in [-0.3, -0.25) is 0 Å². The van der Waals surface area contributed by atoms with Crippen LogP contribution in [-0.4, -0.2) is 22.6 Å². The maximum Gasteiger partial charge on any atom is 0.338 e. The smallest absolute Gasteiger partial charge is 0.338 e. The molecule has 0 aliphatic heterocycles. The Kier molecular flexibility index (Phi) is 6.26. The van der Waals surface area contributed by atoms with Gasteiger partial charge < -0.3 is 9.30 Å². The molecule has 4 rings (SSSR count). The summed E-state index contributed by atoms with van der Waals surface area (Å²) in [5.41, 5.74) is 6.09. The van der Waals surface area contributed by atoms with Crippen molar-refractivity contribution >= 4 is 17.6 Å². The maximum absolute atomic E-state index is 13.5. The van der Waals surface area contributed by atoms with Crippen LogP contribution in [0.5, 0.6) is 0 Å². The van der Waals surface area contributed by atoms with E-state index in [0.717, 1.165) is 33.5 Å². The molecule has 4 nitrogen and oxygen atoms in total. The van der Waals surface area contributed by atoms with Crippen LogP contribution in [0.4, 0.5) is 4.39 Å². The number of methoxy groups -OCH3 is 1. The fourth-order valence-electron chi connectivity index (χ4n) is 3.62. The molecule has 0 spiro atoms. The van der Waals surface area contributed by atoms with Gasteiger partial charge in [0, 0.05) is 18.4 Å². The van der Waals surface area contributed by atoms with Crippen LogP contribution in [0, 0.1) is 12.7 Å². The Labute approximate surface area is 186 Å². The number of imidazole rings is 1. The number of aromatic nitrogens is 2. The average molecular weight is 426 g/mol. The van der Waals surface area contributed by atoms with Crippen molar-refractivity contribution < 1.29 is 13.9 Å². The van der Waals surface area contributed by atoms with Crippen LogP contribution in [0.15, 0.2) is 85.3 Å². The molecule has 5 heteroatoms. The molecule has 1 aromatic heterocycles. The summed E-state index contributed by atoms with van der Waals surface area (Å²) in [6.07, 6.45) is 5.64. The second-order valence-electron chi connectivity index (χ2n) is 7.50. The maximum atomic E-state index is 13.5. The molecule has 160 valence electrons. The molecule has 0 fully saturated rings. The fourth-order valence-corrected chi connectivity index (χ4v) is 3.62. The number of hydrogen-bond donors (Lipinski definition) is 0. The Balaban J connectivity index is 1.82. The number of ether oxygens (including phenoxy) is 1. The molecule has 0 aliphatic rings. The second kappa shape index (κ2) is 9.43. The molecule has 0 amide bonds. The van der Waals surface area contributed by atoms with Gasteiger partial charge in [0.15, 0.2) is 0 Å². The molecule has 32 heavy (non-hydrogen) atoms. The van der Waals surface area contributed by atoms with Crippen LogP contribution in [0.3, 0.4) is 0 Å². The molecule has 0 atom stereocenters. The third-order valence-corrected chi connectivity index (χ3v) is 5.35. The van der Waals surface area contributed by atoms with E-state index in [0.29, 0.717) is 12.1 Å². The van der Waals surface area contributed by atoms with Crippen molar-refractivity contribution in [2.45, 2.75) is 13.5 Å². The van der Waals surface area contributed by atoms with E-state index in [9.17, 15) is 9.18 Å². The van der Waals surface area contributed by atoms with Crippen LogP contribution in [0.25, 0.3) is 22.8 Å². The van der Waals surface area contributed by atoms with E-state index >= 15 is 0 Å². The summed E-state index contributed by atoms with van der Waals surface area (Å²) in [5.74, 6) is -0.659. The molecule has 1 heterocycles. The number of benzene rings is 3. The molecule has 0 saturated carbocycles. The predicted octanol–water partition coefficient (Wildman–Crippen LogP) is 6.03. The normalized spacial score (nSPS) is 11.4. The summed E-state index contributed by atoms with van der Waals surface area (Å²) < 4.78 is 20.6. The van der Waals surface area contributed by atoms with Gasteiger partial charge in [-0.2, -0.15) is 0 Å². The minimum Gasteiger partial charge on any atom is -0.465 e. The monoisotopic (exact) mass is 426 g/mol. The molecule has 4 aromatic rings. The number of allylic oxidation sites excluding steroid dienone is 1. The molecule has 0 unspecified atom stereocenters. The van der Waals surface area contributed by atoms with Crippen molar-refractivity contribution in [1.82, 2.24) is 9.55 Å². The standard InChI is InChI=1S/C27H23FN2O2/c1-19-16-29-18-30(19)17-23(21-9-11-24(28)12-10-21)14-20-8-13-25(27(31)32-2)26(15-20)22-6-4-3-5-7-22/h3-16,18H,17H2,1-2H3/b23-14+. The van der Waals surface area contributed by atoms with Gasteiger partial charge in [-0.25, -0.2) is 14.2 Å². The number of nitrogens with zero attached hydrogens (tertiary/aromatic N) is 2. The summed E-state index contributed by atoms with van der Waals surface area (Å²) in [6, 6.07) is 21.8. The van der Waals surface area contributed by atoms with Crippen molar-refractivity contribution in [2.24, 2.45) is 0 Å². The van der Waals surface area contributed by atoms with Crippen LogP contribution in [0.1, 0.15) is 27.2 Å². The summed E-state index contributed by atoms with van der Waals surface area (Å²) >= 11 is 0. The minimum atomic E-state index is -0.382. The third-order valence-electron chi connectivity index (χ3n) is 5.35. The number of carbonyl (C=O) groups is 1. The van der Waals surface area contributed by atoms with Crippen molar-refractivity contribution in [3.8, 4) is 11.1 Å². The first-order valence-corrected chi connectivity index (χ1v) is 10.3. The summed E-state index contributed by atoms with van der Waals surface area (Å²) in [7, 11) is 1.38. The van der Waals surface area contributed by atoms with Gasteiger partial charge in [-0.05, 0) is 65.1 Å². The lowest BCUT2D eigenvalue weighted by Gasteiger charge is -2.13. The van der Waals surface area contributed by atoms with Gasteiger partial charge >= 0.3 is 5.97 Å². The summed E-state index contributed by atoms with van der Waals surface area (Å²) in [6.45, 7) is 2.57. The predicted molar refractivity (Wildman–Crippen MR) is 124 cm³/mol. The molecule has 0 N–H and O–H groups in total. The zero-order valence-electron chi connectivity index (χ0n) is 18.0. The van der Waals surface area contributed by atoms with E-state index in [2.05, 4.69) is 11.1 Å². The lowest BCUT2D eigenvalue weighted by molar-refractivity contribution is 0.0601. The first-order chi connectivity index (χ1) is 15.5. The van der Waals surface area contributed by atoms with Gasteiger partial charge in [0.2, 0.25) is 0 Å². The van der Waals surface area contributed by atoms with E-state index in [4.69, 9.17) is 4.74 Å². The molecule has 3 aromatic carbocycles. The minimum absolute atomic E-state index is 0.277. The van der Waals surface area contributed by atoms with Crippen LogP contribution >= 0.6 is 0 Å². The average Bonchev–Trinajstić information content (AvgIpc) is 3.23. The van der Waals surface area contributed by atoms with Crippen LogP contribution < -0.4 is 0 Å². The summed E-state index contributed by atoms with van der Waals surface area (Å²) in [4.78, 5) is 16.6. The van der Waals surface area contributed by atoms with E-state index in [1.165, 1.54) is 19.2 Å². The third kappa shape index (κ3) is 4.67. The van der Waals surface area contributed by atoms with Crippen LogP contribution in [-0.2, 0) is 11.3 Å². The molecule has 0 aliphatic carbocycles. The number of aryl methyl sites for hydroxylation is 1. The van der Waals surface area contributed by atoms with E-state index in [-0.39, 0.29) is 11.8 Å². The number of rotatable bonds is 6. The topological polar surface area (TPSA) is 44.1 Å². The van der Waals surface area contributed by atoms with Crippen molar-refractivity contribution in [3.05, 3.63) is 114 Å². The Morgan fingerprint density at radius 1 is 1.06 bits per heavy atom. The molecule has 0 radical (unpaired) electrons. The highest BCUT2D eigenvalue weighted by atomic mass is 19.1. The zero-order chi connectivity index (χ0) is 22.5. The summed E-state index contributed by atoms with van der Waals surface area (Å²) in [5, 5.41) is 0. The fraction of sp³-hybridized carbons (Fsp3) is 0.111. The molecule has 0 saturated heterocycles. The largest absolute Gasteiger partial charge is 0.465 e. The Hall–Kier alpha value is -3.99. The Bertz CT molecular complexity index is 1260. The van der Waals surface area contributed by atoms with Crippen molar-refractivity contribution in [2.75, 3.05) is 7.11 Å². The highest BCUT2D eigenvalue weighted by molar-refractivity contribution is 5.98. The van der Waals surface area contributed by atoms with E-state index in [1.54, 1.807) is 30.7 Å².